The summed E-state index contributed by atoms with van der Waals surface area (Å²) in [7, 11) is 0. The number of benzene rings is 1. The van der Waals surface area contributed by atoms with Gasteiger partial charge in [0.25, 0.3) is 0 Å². The summed E-state index contributed by atoms with van der Waals surface area (Å²) >= 11 is 0. The Balaban J connectivity index is 1.52. The molecule has 3 aliphatic rings. The topological polar surface area (TPSA) is 65.0 Å². The predicted octanol–water partition coefficient (Wildman–Crippen LogP) is 2.05. The van der Waals surface area contributed by atoms with E-state index in [-0.39, 0.29) is 30.1 Å². The molecule has 3 heterocycles. The largest absolute Gasteiger partial charge is 0.395 e. The number of aliphatic hydroxyl groups excluding tert-OH is 1. The van der Waals surface area contributed by atoms with Crippen molar-refractivity contribution in [3.63, 3.8) is 0 Å². The molecule has 3 saturated heterocycles. The monoisotopic (exact) mass is 387 g/mol. The molecule has 3 aliphatic heterocycles. The predicted molar refractivity (Wildman–Crippen MR) is 108 cm³/mol. The van der Waals surface area contributed by atoms with Gasteiger partial charge in [0, 0.05) is 51.4 Å². The zero-order valence-corrected chi connectivity index (χ0v) is 16.8. The Kier molecular flexibility index (Phi) is 5.90. The van der Waals surface area contributed by atoms with E-state index in [1.165, 1.54) is 5.56 Å². The SMILES string of the molecule is CCCNC(=O)N1CC2(C1)[C@H](c1ccccc1)[C@H](CO)N2CC1CCOCC1. The van der Waals surface area contributed by atoms with Crippen LogP contribution in [0.1, 0.15) is 37.7 Å². The molecule has 4 rings (SSSR count). The Hall–Kier alpha value is -1.63. The lowest BCUT2D eigenvalue weighted by atomic mass is 9.60. The fraction of sp³-hybridized carbons (Fsp3) is 0.682. The molecule has 2 N–H and O–H groups in total. The van der Waals surface area contributed by atoms with Crippen molar-refractivity contribution in [2.75, 3.05) is 46.0 Å². The number of urea groups is 1. The van der Waals surface area contributed by atoms with Gasteiger partial charge in [-0.3, -0.25) is 4.90 Å². The Labute approximate surface area is 167 Å². The highest BCUT2D eigenvalue weighted by atomic mass is 16.5. The Bertz CT molecular complexity index is 656. The molecule has 0 saturated carbocycles. The summed E-state index contributed by atoms with van der Waals surface area (Å²) in [5, 5.41) is 13.2. The smallest absolute Gasteiger partial charge is 0.317 e. The van der Waals surface area contributed by atoms with Crippen LogP contribution in [0.4, 0.5) is 4.79 Å². The van der Waals surface area contributed by atoms with E-state index in [0.717, 1.165) is 58.7 Å². The fourth-order valence-electron chi connectivity index (χ4n) is 5.37. The van der Waals surface area contributed by atoms with E-state index in [1.54, 1.807) is 0 Å². The van der Waals surface area contributed by atoms with Crippen LogP contribution in [0.2, 0.25) is 0 Å². The van der Waals surface area contributed by atoms with Crippen LogP contribution in [-0.4, -0.2) is 78.5 Å². The van der Waals surface area contributed by atoms with E-state index in [0.29, 0.717) is 5.92 Å². The molecule has 1 aromatic rings. The second-order valence-electron chi connectivity index (χ2n) is 8.54. The number of hydrogen-bond donors (Lipinski definition) is 2. The molecule has 6 nitrogen and oxygen atoms in total. The number of carbonyl (C=O) groups excluding carboxylic acids is 1. The van der Waals surface area contributed by atoms with Gasteiger partial charge in [0.15, 0.2) is 0 Å². The third kappa shape index (κ3) is 3.42. The molecule has 2 atom stereocenters. The summed E-state index contributed by atoms with van der Waals surface area (Å²) in [6.45, 7) is 7.08. The highest BCUT2D eigenvalue weighted by Crippen LogP contribution is 2.54. The average Bonchev–Trinajstić information content (AvgIpc) is 2.70. The third-order valence-electron chi connectivity index (χ3n) is 6.82. The first-order valence-electron chi connectivity index (χ1n) is 10.7. The zero-order chi connectivity index (χ0) is 19.6. The van der Waals surface area contributed by atoms with Gasteiger partial charge in [-0.05, 0) is 30.7 Å². The number of ether oxygens (including phenoxy) is 1. The van der Waals surface area contributed by atoms with Crippen LogP contribution >= 0.6 is 0 Å². The number of amides is 2. The van der Waals surface area contributed by atoms with Gasteiger partial charge in [-0.2, -0.15) is 0 Å². The first-order chi connectivity index (χ1) is 13.7. The Morgan fingerprint density at radius 3 is 2.61 bits per heavy atom. The fourth-order valence-corrected chi connectivity index (χ4v) is 5.37. The number of rotatable bonds is 6. The Morgan fingerprint density at radius 1 is 1.25 bits per heavy atom. The van der Waals surface area contributed by atoms with Crippen LogP contribution in [0.5, 0.6) is 0 Å². The van der Waals surface area contributed by atoms with Gasteiger partial charge in [-0.15, -0.1) is 0 Å². The van der Waals surface area contributed by atoms with E-state index >= 15 is 0 Å². The number of nitrogens with zero attached hydrogens (tertiary/aromatic N) is 2. The number of aliphatic hydroxyl groups is 1. The van der Waals surface area contributed by atoms with Crippen LogP contribution in [0.25, 0.3) is 0 Å². The molecule has 154 valence electrons. The molecular formula is C22H33N3O3. The minimum atomic E-state index is -0.0450. The average molecular weight is 388 g/mol. The molecule has 0 aromatic heterocycles. The summed E-state index contributed by atoms with van der Waals surface area (Å²) in [5.74, 6) is 0.883. The van der Waals surface area contributed by atoms with Crippen molar-refractivity contribution < 1.29 is 14.6 Å². The molecule has 3 fully saturated rings. The van der Waals surface area contributed by atoms with Crippen molar-refractivity contribution in [3.8, 4) is 0 Å². The molecule has 28 heavy (non-hydrogen) atoms. The van der Waals surface area contributed by atoms with Crippen molar-refractivity contribution in [1.29, 1.82) is 0 Å². The first-order valence-corrected chi connectivity index (χ1v) is 10.7. The summed E-state index contributed by atoms with van der Waals surface area (Å²) in [6.07, 6.45) is 3.11. The first kappa shape index (κ1) is 19.7. The van der Waals surface area contributed by atoms with Gasteiger partial charge in [-0.25, -0.2) is 4.79 Å². The van der Waals surface area contributed by atoms with Gasteiger partial charge >= 0.3 is 6.03 Å². The minimum absolute atomic E-state index is 0.0396. The third-order valence-corrected chi connectivity index (χ3v) is 6.82. The maximum atomic E-state index is 12.4. The van der Waals surface area contributed by atoms with Gasteiger partial charge in [0.2, 0.25) is 0 Å². The second-order valence-corrected chi connectivity index (χ2v) is 8.54. The lowest BCUT2D eigenvalue weighted by Crippen LogP contribution is -2.85. The number of likely N-dealkylation sites (tertiary alicyclic amines) is 2. The van der Waals surface area contributed by atoms with Crippen LogP contribution in [0, 0.1) is 5.92 Å². The highest BCUT2D eigenvalue weighted by molar-refractivity contribution is 5.76. The molecular weight excluding hydrogens is 354 g/mol. The van der Waals surface area contributed by atoms with Crippen molar-refractivity contribution >= 4 is 6.03 Å². The quantitative estimate of drug-likeness (QED) is 0.784. The molecule has 1 aromatic carbocycles. The van der Waals surface area contributed by atoms with Crippen LogP contribution < -0.4 is 5.32 Å². The van der Waals surface area contributed by atoms with E-state index in [1.807, 2.05) is 11.0 Å². The van der Waals surface area contributed by atoms with Crippen molar-refractivity contribution in [3.05, 3.63) is 35.9 Å². The molecule has 0 bridgehead atoms. The zero-order valence-electron chi connectivity index (χ0n) is 16.8. The Morgan fingerprint density at radius 2 is 1.96 bits per heavy atom. The van der Waals surface area contributed by atoms with E-state index < -0.39 is 0 Å². The van der Waals surface area contributed by atoms with Gasteiger partial charge in [-0.1, -0.05) is 37.3 Å². The maximum Gasteiger partial charge on any atom is 0.317 e. The maximum absolute atomic E-state index is 12.4. The number of nitrogens with one attached hydrogen (secondary N) is 1. The molecule has 0 aliphatic carbocycles. The van der Waals surface area contributed by atoms with Crippen molar-refractivity contribution in [1.82, 2.24) is 15.1 Å². The summed E-state index contributed by atoms with van der Waals surface area (Å²) < 4.78 is 5.53. The van der Waals surface area contributed by atoms with E-state index in [9.17, 15) is 9.90 Å². The molecule has 6 heteroatoms. The van der Waals surface area contributed by atoms with E-state index in [4.69, 9.17) is 4.74 Å². The van der Waals surface area contributed by atoms with Crippen molar-refractivity contribution in [2.45, 2.75) is 43.7 Å². The second kappa shape index (κ2) is 8.39. The lowest BCUT2D eigenvalue weighted by Gasteiger charge is -2.71. The summed E-state index contributed by atoms with van der Waals surface area (Å²) in [5.41, 5.74) is 1.23. The molecule has 0 unspecified atom stereocenters. The standard InChI is InChI=1S/C22H33N3O3/c1-2-10-23-21(27)24-15-22(16-24)20(18-6-4-3-5-7-18)19(14-26)25(22)13-17-8-11-28-12-9-17/h3-7,17,19-20,26H,2,8-16H2,1H3,(H,23,27)/t19-,20+/m0/s1. The number of carbonyl (C=O) groups is 1. The van der Waals surface area contributed by atoms with Crippen LogP contribution in [0.15, 0.2) is 30.3 Å². The van der Waals surface area contributed by atoms with Gasteiger partial charge in [0.1, 0.15) is 0 Å². The molecule has 1 spiro atoms. The highest BCUT2D eigenvalue weighted by Gasteiger charge is 2.66. The lowest BCUT2D eigenvalue weighted by molar-refractivity contribution is -0.185. The van der Waals surface area contributed by atoms with E-state index in [2.05, 4.69) is 41.4 Å². The minimum Gasteiger partial charge on any atom is -0.395 e. The van der Waals surface area contributed by atoms with Gasteiger partial charge in [0.05, 0.1) is 12.1 Å². The summed E-state index contributed by atoms with van der Waals surface area (Å²) in [4.78, 5) is 16.9. The van der Waals surface area contributed by atoms with Crippen LogP contribution in [0.3, 0.4) is 0 Å². The van der Waals surface area contributed by atoms with Gasteiger partial charge < -0.3 is 20.1 Å². The number of hydrogen-bond acceptors (Lipinski definition) is 4. The molecule has 2 amide bonds. The molecule has 0 radical (unpaired) electrons. The summed E-state index contributed by atoms with van der Waals surface area (Å²) in [6, 6.07) is 10.7. The normalized spacial score (nSPS) is 27.3. The van der Waals surface area contributed by atoms with Crippen LogP contribution in [-0.2, 0) is 4.74 Å². The van der Waals surface area contributed by atoms with Crippen molar-refractivity contribution in [2.24, 2.45) is 5.92 Å².